The van der Waals surface area contributed by atoms with Crippen molar-refractivity contribution in [2.75, 3.05) is 0 Å². The van der Waals surface area contributed by atoms with Gasteiger partial charge in [0.2, 0.25) is 0 Å². The van der Waals surface area contributed by atoms with Crippen molar-refractivity contribution in [3.05, 3.63) is 68.9 Å². The number of alkyl halides is 1. The predicted molar refractivity (Wildman–Crippen MR) is 113 cm³/mol. The SMILES string of the molecule is CC1(C)C(C=C(Br)Br)C1C(=O)OCc1cccc(-c2cccc(F)c2)c1CF. The molecule has 0 aliphatic heterocycles. The number of carbonyl (C=O) groups is 1. The Labute approximate surface area is 180 Å². The molecule has 2 unspecified atom stereocenters. The smallest absolute Gasteiger partial charge is 0.310 e. The highest BCUT2D eigenvalue weighted by Gasteiger charge is 2.61. The van der Waals surface area contributed by atoms with E-state index in [-0.39, 0.29) is 35.6 Å². The summed E-state index contributed by atoms with van der Waals surface area (Å²) in [7, 11) is 0. The van der Waals surface area contributed by atoms with Crippen molar-refractivity contribution in [3.63, 3.8) is 0 Å². The quantitative estimate of drug-likeness (QED) is 0.392. The van der Waals surface area contributed by atoms with Crippen molar-refractivity contribution >= 4 is 37.8 Å². The molecule has 2 aromatic rings. The first-order valence-corrected chi connectivity index (χ1v) is 10.5. The van der Waals surface area contributed by atoms with E-state index in [1.54, 1.807) is 30.3 Å². The summed E-state index contributed by atoms with van der Waals surface area (Å²) < 4.78 is 33.7. The summed E-state index contributed by atoms with van der Waals surface area (Å²) in [6, 6.07) is 11.3. The molecule has 0 aromatic heterocycles. The van der Waals surface area contributed by atoms with Crippen LogP contribution >= 0.6 is 31.9 Å². The summed E-state index contributed by atoms with van der Waals surface area (Å²) in [6.45, 7) is 3.29. The van der Waals surface area contributed by atoms with Crippen LogP contribution in [-0.2, 0) is 22.8 Å². The van der Waals surface area contributed by atoms with Crippen LogP contribution in [0.25, 0.3) is 11.1 Å². The highest BCUT2D eigenvalue weighted by molar-refractivity contribution is 9.28. The molecule has 0 amide bonds. The Hall–Kier alpha value is -1.53. The Kier molecular flexibility index (Phi) is 6.40. The normalized spacial score (nSPS) is 19.8. The van der Waals surface area contributed by atoms with Gasteiger partial charge in [-0.3, -0.25) is 4.79 Å². The van der Waals surface area contributed by atoms with E-state index in [9.17, 15) is 13.6 Å². The lowest BCUT2D eigenvalue weighted by Crippen LogP contribution is -2.11. The molecule has 0 bridgehead atoms. The number of hydrogen-bond acceptors (Lipinski definition) is 2. The number of rotatable bonds is 6. The zero-order valence-corrected chi connectivity index (χ0v) is 18.7. The zero-order chi connectivity index (χ0) is 20.5. The van der Waals surface area contributed by atoms with Crippen LogP contribution in [0, 0.1) is 23.1 Å². The Morgan fingerprint density at radius 1 is 1.21 bits per heavy atom. The molecule has 148 valence electrons. The summed E-state index contributed by atoms with van der Waals surface area (Å²) in [6.07, 6.45) is 1.95. The molecule has 0 spiro atoms. The fourth-order valence-electron chi connectivity index (χ4n) is 3.67. The van der Waals surface area contributed by atoms with E-state index in [4.69, 9.17) is 4.74 Å². The van der Waals surface area contributed by atoms with E-state index in [0.717, 1.165) is 3.39 Å². The van der Waals surface area contributed by atoms with Crippen molar-refractivity contribution < 1.29 is 18.3 Å². The van der Waals surface area contributed by atoms with Gasteiger partial charge in [-0.2, -0.15) is 0 Å². The van der Waals surface area contributed by atoms with E-state index < -0.39 is 6.67 Å². The van der Waals surface area contributed by atoms with Gasteiger partial charge in [-0.15, -0.1) is 0 Å². The van der Waals surface area contributed by atoms with Crippen LogP contribution in [0.4, 0.5) is 8.78 Å². The Balaban J connectivity index is 1.78. The van der Waals surface area contributed by atoms with Gasteiger partial charge in [0.25, 0.3) is 0 Å². The number of hydrogen-bond donors (Lipinski definition) is 0. The van der Waals surface area contributed by atoms with E-state index >= 15 is 0 Å². The molecule has 28 heavy (non-hydrogen) atoms. The number of halogens is 4. The number of allylic oxidation sites excluding steroid dienone is 1. The van der Waals surface area contributed by atoms with Crippen LogP contribution in [0.3, 0.4) is 0 Å². The highest BCUT2D eigenvalue weighted by atomic mass is 79.9. The predicted octanol–water partition coefficient (Wildman–Crippen LogP) is 6.91. The fourth-order valence-corrected chi connectivity index (χ4v) is 4.24. The summed E-state index contributed by atoms with van der Waals surface area (Å²) in [5, 5.41) is 0. The van der Waals surface area contributed by atoms with E-state index in [1.807, 2.05) is 19.9 Å². The molecule has 6 heteroatoms. The average molecular weight is 514 g/mol. The first-order valence-electron chi connectivity index (χ1n) is 8.87. The minimum Gasteiger partial charge on any atom is -0.461 e. The van der Waals surface area contributed by atoms with Gasteiger partial charge in [-0.05, 0) is 77.6 Å². The highest BCUT2D eigenvalue weighted by Crippen LogP contribution is 2.60. The topological polar surface area (TPSA) is 26.3 Å². The Bertz CT molecular complexity index is 921. The molecule has 0 radical (unpaired) electrons. The molecule has 1 fully saturated rings. The third-order valence-corrected chi connectivity index (χ3v) is 5.91. The van der Waals surface area contributed by atoms with Crippen LogP contribution in [0.15, 0.2) is 51.9 Å². The summed E-state index contributed by atoms with van der Waals surface area (Å²) in [5.41, 5.74) is 2.01. The Morgan fingerprint density at radius 3 is 2.57 bits per heavy atom. The molecule has 2 atom stereocenters. The van der Waals surface area contributed by atoms with Gasteiger partial charge < -0.3 is 4.74 Å². The van der Waals surface area contributed by atoms with E-state index in [1.165, 1.54) is 12.1 Å². The monoisotopic (exact) mass is 512 g/mol. The van der Waals surface area contributed by atoms with Crippen molar-refractivity contribution in [1.29, 1.82) is 0 Å². The average Bonchev–Trinajstić information content (AvgIpc) is 3.18. The number of carbonyl (C=O) groups excluding carboxylic acids is 1. The van der Waals surface area contributed by atoms with Gasteiger partial charge >= 0.3 is 5.97 Å². The molecule has 0 saturated heterocycles. The third kappa shape index (κ3) is 4.38. The molecule has 2 aromatic carbocycles. The maximum atomic E-state index is 13.8. The number of esters is 1. The second-order valence-electron chi connectivity index (χ2n) is 7.48. The summed E-state index contributed by atoms with van der Waals surface area (Å²) in [4.78, 5) is 12.6. The van der Waals surface area contributed by atoms with Crippen LogP contribution in [-0.4, -0.2) is 5.97 Å². The minimum absolute atomic E-state index is 0.0141. The molecule has 1 aliphatic carbocycles. The lowest BCUT2D eigenvalue weighted by atomic mass is 9.96. The lowest BCUT2D eigenvalue weighted by molar-refractivity contribution is -0.147. The van der Waals surface area contributed by atoms with Gasteiger partial charge in [0, 0.05) is 0 Å². The van der Waals surface area contributed by atoms with Gasteiger partial charge in [-0.1, -0.05) is 50.3 Å². The molecule has 0 N–H and O–H groups in total. The first-order chi connectivity index (χ1) is 13.3. The number of ether oxygens (including phenoxy) is 1. The van der Waals surface area contributed by atoms with E-state index in [0.29, 0.717) is 22.3 Å². The lowest BCUT2D eigenvalue weighted by Gasteiger charge is -2.13. The van der Waals surface area contributed by atoms with Crippen LogP contribution in [0.1, 0.15) is 25.0 Å². The molecular formula is C22H20Br2F2O2. The van der Waals surface area contributed by atoms with E-state index in [2.05, 4.69) is 31.9 Å². The second-order valence-corrected chi connectivity index (χ2v) is 10.2. The molecule has 1 aliphatic rings. The van der Waals surface area contributed by atoms with Gasteiger partial charge in [0.05, 0.1) is 9.31 Å². The Morgan fingerprint density at radius 2 is 1.93 bits per heavy atom. The standard InChI is InChI=1S/C22H20Br2F2O2/c1-22(2)18(10-19(23)24)20(22)21(27)28-12-14-6-4-8-16(17(14)11-25)13-5-3-7-15(26)9-13/h3-10,18,20H,11-12H2,1-2H3. The van der Waals surface area contributed by atoms with Gasteiger partial charge in [0.15, 0.2) is 0 Å². The fraction of sp³-hybridized carbons (Fsp3) is 0.318. The van der Waals surface area contributed by atoms with Crippen molar-refractivity contribution in [1.82, 2.24) is 0 Å². The van der Waals surface area contributed by atoms with Crippen LogP contribution in [0.5, 0.6) is 0 Å². The van der Waals surface area contributed by atoms with Crippen molar-refractivity contribution in [3.8, 4) is 11.1 Å². The molecular weight excluding hydrogens is 494 g/mol. The summed E-state index contributed by atoms with van der Waals surface area (Å²) in [5.74, 6) is -0.841. The zero-order valence-electron chi connectivity index (χ0n) is 15.5. The van der Waals surface area contributed by atoms with Crippen molar-refractivity contribution in [2.45, 2.75) is 27.1 Å². The second kappa shape index (κ2) is 8.46. The van der Waals surface area contributed by atoms with Gasteiger partial charge in [0.1, 0.15) is 19.1 Å². The van der Waals surface area contributed by atoms with Crippen molar-refractivity contribution in [2.24, 2.45) is 17.3 Å². The molecule has 2 nitrogen and oxygen atoms in total. The molecule has 1 saturated carbocycles. The first kappa shape index (κ1) is 21.2. The third-order valence-electron chi connectivity index (χ3n) is 5.38. The largest absolute Gasteiger partial charge is 0.461 e. The number of benzene rings is 2. The van der Waals surface area contributed by atoms with Gasteiger partial charge in [-0.25, -0.2) is 8.78 Å². The maximum absolute atomic E-state index is 13.8. The van der Waals surface area contributed by atoms with Crippen LogP contribution < -0.4 is 0 Å². The summed E-state index contributed by atoms with van der Waals surface area (Å²) >= 11 is 6.66. The molecule has 3 rings (SSSR count). The molecule has 0 heterocycles. The minimum atomic E-state index is -0.726. The van der Waals surface area contributed by atoms with Crippen LogP contribution in [0.2, 0.25) is 0 Å². The maximum Gasteiger partial charge on any atom is 0.310 e.